The van der Waals surface area contributed by atoms with Crippen LogP contribution in [0.3, 0.4) is 0 Å². The number of benzene rings is 1. The molecule has 0 saturated carbocycles. The number of phosphoric ester groups is 3. The van der Waals surface area contributed by atoms with E-state index in [1.54, 1.807) is 5.41 Å². The van der Waals surface area contributed by atoms with Crippen molar-refractivity contribution in [1.29, 1.82) is 0 Å². The largest absolute Gasteiger partial charge is 0.481 e. The van der Waals surface area contributed by atoms with Crippen LogP contribution in [0.5, 0.6) is 0 Å². The summed E-state index contributed by atoms with van der Waals surface area (Å²) in [5.41, 5.74) is 6.48. The van der Waals surface area contributed by atoms with Gasteiger partial charge in [-0.3, -0.25) is 32.5 Å². The molecule has 7 unspecified atom stereocenters. The van der Waals surface area contributed by atoms with Gasteiger partial charge in [0.15, 0.2) is 23.5 Å². The number of carbonyl (C=O) groups is 3. The van der Waals surface area contributed by atoms with E-state index in [-0.39, 0.29) is 42.3 Å². The number of carbonyl (C=O) groups excluding carboxylic acids is 3. The fourth-order valence-corrected chi connectivity index (χ4v) is 9.69. The molecule has 1 aliphatic rings. The van der Waals surface area contributed by atoms with Crippen molar-refractivity contribution < 1.29 is 80.5 Å². The molecular weight excluding hydrogens is 929 g/mol. The summed E-state index contributed by atoms with van der Waals surface area (Å²) in [4.78, 5) is 91.5. The number of ketones is 1. The summed E-state index contributed by atoms with van der Waals surface area (Å²) >= 11 is 1.34. The van der Waals surface area contributed by atoms with Gasteiger partial charge in [-0.2, -0.15) is 4.31 Å². The lowest BCUT2D eigenvalue weighted by Gasteiger charge is -2.30. The fourth-order valence-electron chi connectivity index (χ4n) is 6.26. The fraction of sp³-hybridized carbons (Fsp3) is 0.486. The van der Waals surface area contributed by atoms with Crippen molar-refractivity contribution in [1.82, 2.24) is 35.1 Å². The number of amides is 2. The van der Waals surface area contributed by atoms with Crippen molar-refractivity contribution in [2.45, 2.75) is 70.2 Å². The molecule has 4 aromatic rings. The van der Waals surface area contributed by atoms with Crippen LogP contribution in [0.4, 0.5) is 5.82 Å². The Bertz CT molecular complexity index is 2450. The third kappa shape index (κ3) is 14.5. The van der Waals surface area contributed by atoms with Gasteiger partial charge in [0.2, 0.25) is 11.8 Å². The number of aliphatic hydroxyl groups excluding tert-OH is 2. The molecule has 0 radical (unpaired) electrons. The molecule has 0 aliphatic carbocycles. The topological polar surface area (TPSA) is 379 Å². The number of nitrogen functional groups attached to an aromatic ring is 1. The summed E-state index contributed by atoms with van der Waals surface area (Å²) in [5, 5.41) is 29.4. The van der Waals surface area contributed by atoms with Gasteiger partial charge in [0.25, 0.3) is 0 Å². The average Bonchev–Trinajstić information content (AvgIpc) is 3.92. The molecule has 5 rings (SSSR count). The molecule has 7 atom stereocenters. The van der Waals surface area contributed by atoms with E-state index in [9.17, 15) is 57.9 Å². The number of aliphatic hydroxyl groups is 2. The molecule has 29 heteroatoms. The minimum absolute atomic E-state index is 0.00653. The molecule has 64 heavy (non-hydrogen) atoms. The van der Waals surface area contributed by atoms with E-state index in [2.05, 4.69) is 39.4 Å². The number of ether oxygens (including phenoxy) is 1. The standard InChI is InChI=1S/C35H49N8O17P3S/c1-35(2,30(47)33(48)38-12-10-26(45)37-13-15-64-14-11-22(44)7-5-6-21-16-39-24-9-4-3-8-23(21)24)18-57-63(54,55)60-62(52,53)56-17-25-29(59-61(49,50)51)28(46)34(58-25)43-20-42-27-31(36)40-19-41-32(27)43/h3-4,8-9,11,14,16,19-20,25,28-30,34,39,46-47H,5-7,10,12-13,15,17-18H2,1-2H3,(H,37,45)(H,38,48)(H,52,53)(H,54,55)(H2,36,40,41)(H2,49,50,51)/b14-11-. The molecular formula is C35H49N8O17P3S. The van der Waals surface area contributed by atoms with Crippen molar-refractivity contribution in [2.75, 3.05) is 37.8 Å². The van der Waals surface area contributed by atoms with E-state index >= 15 is 0 Å². The van der Waals surface area contributed by atoms with Gasteiger partial charge >= 0.3 is 23.5 Å². The zero-order valence-electron chi connectivity index (χ0n) is 34.2. The maximum atomic E-state index is 12.7. The van der Waals surface area contributed by atoms with E-state index in [0.29, 0.717) is 18.6 Å². The molecule has 352 valence electrons. The molecule has 1 saturated heterocycles. The number of hydrogen-bond donors (Lipinski definition) is 10. The number of aryl methyl sites for hydroxylation is 1. The predicted molar refractivity (Wildman–Crippen MR) is 227 cm³/mol. The average molecular weight is 979 g/mol. The van der Waals surface area contributed by atoms with Crippen LogP contribution < -0.4 is 16.4 Å². The number of para-hydroxylation sites is 1. The summed E-state index contributed by atoms with van der Waals surface area (Å²) in [6.45, 7) is 0.588. The van der Waals surface area contributed by atoms with Crippen LogP contribution >= 0.6 is 35.2 Å². The molecule has 2 amide bonds. The number of anilines is 1. The van der Waals surface area contributed by atoms with E-state index in [0.717, 1.165) is 40.1 Å². The molecule has 11 N–H and O–H groups in total. The number of thioether (sulfide) groups is 1. The number of fused-ring (bicyclic) bond motifs is 2. The second kappa shape index (κ2) is 22.0. The van der Waals surface area contributed by atoms with Crippen LogP contribution in [0.15, 0.2) is 54.6 Å². The molecule has 0 bridgehead atoms. The van der Waals surface area contributed by atoms with Crippen LogP contribution in [0, 0.1) is 5.41 Å². The number of nitrogens with one attached hydrogen (secondary N) is 3. The highest BCUT2D eigenvalue weighted by atomic mass is 32.2. The molecule has 0 spiro atoms. The second-order valence-electron chi connectivity index (χ2n) is 14.9. The highest BCUT2D eigenvalue weighted by Gasteiger charge is 2.50. The minimum atomic E-state index is -5.58. The van der Waals surface area contributed by atoms with Gasteiger partial charge < -0.3 is 55.9 Å². The molecule has 4 heterocycles. The Morgan fingerprint density at radius 2 is 1.78 bits per heavy atom. The Morgan fingerprint density at radius 1 is 1.05 bits per heavy atom. The van der Waals surface area contributed by atoms with E-state index in [1.807, 2.05) is 30.5 Å². The number of hydrogen-bond acceptors (Lipinski definition) is 18. The van der Waals surface area contributed by atoms with Crippen LogP contribution in [0.25, 0.3) is 22.1 Å². The van der Waals surface area contributed by atoms with Gasteiger partial charge in [-0.25, -0.2) is 28.6 Å². The number of nitrogens with two attached hydrogens (primary N) is 1. The van der Waals surface area contributed by atoms with Gasteiger partial charge in [-0.05, 0) is 36.0 Å². The van der Waals surface area contributed by atoms with E-state index in [1.165, 1.54) is 31.7 Å². The number of H-pyrrole nitrogens is 1. The maximum Gasteiger partial charge on any atom is 0.481 e. The van der Waals surface area contributed by atoms with Crippen molar-refractivity contribution in [2.24, 2.45) is 5.41 Å². The summed E-state index contributed by atoms with van der Waals surface area (Å²) in [6, 6.07) is 7.97. The van der Waals surface area contributed by atoms with Gasteiger partial charge in [-0.15, -0.1) is 11.8 Å². The summed E-state index contributed by atoms with van der Waals surface area (Å²) in [7, 11) is -16.4. The zero-order valence-corrected chi connectivity index (χ0v) is 37.7. The third-order valence-corrected chi connectivity index (χ3v) is 13.4. The lowest BCUT2D eigenvalue weighted by atomic mass is 9.87. The number of phosphoric acid groups is 3. The van der Waals surface area contributed by atoms with Crippen LogP contribution in [-0.4, -0.2) is 128 Å². The van der Waals surface area contributed by atoms with Crippen LogP contribution in [0.1, 0.15) is 44.9 Å². The monoisotopic (exact) mass is 978 g/mol. The molecule has 1 aromatic carbocycles. The first kappa shape index (κ1) is 51.1. The normalized spacial score (nSPS) is 20.6. The number of rotatable bonds is 25. The Labute approximate surface area is 369 Å². The van der Waals surface area contributed by atoms with Gasteiger partial charge in [0.1, 0.15) is 36.3 Å². The van der Waals surface area contributed by atoms with Crippen LogP contribution in [0.2, 0.25) is 0 Å². The smallest absolute Gasteiger partial charge is 0.386 e. The van der Waals surface area contributed by atoms with E-state index in [4.69, 9.17) is 19.5 Å². The Balaban J connectivity index is 0.986. The minimum Gasteiger partial charge on any atom is -0.386 e. The SMILES string of the molecule is CC(C)(COP(=O)(O)OP(=O)(O)OCC1OC(n2cnc3c(N)ncnc32)C(O)C1OP(=O)(O)O)C(O)C(=O)NCCC(=O)NCCS/C=C\C(=O)CCCc1c[nH]c2ccccc12. The second-order valence-corrected chi connectivity index (χ2v) is 20.2. The van der Waals surface area contributed by atoms with Gasteiger partial charge in [0, 0.05) is 54.2 Å². The lowest BCUT2D eigenvalue weighted by molar-refractivity contribution is -0.137. The zero-order chi connectivity index (χ0) is 46.9. The summed E-state index contributed by atoms with van der Waals surface area (Å²) in [5.74, 6) is -0.947. The Morgan fingerprint density at radius 3 is 2.53 bits per heavy atom. The first-order chi connectivity index (χ1) is 30.1. The Hall–Kier alpha value is -3.94. The highest BCUT2D eigenvalue weighted by Crippen LogP contribution is 2.61. The molecule has 25 nitrogen and oxygen atoms in total. The number of nitrogens with zero attached hydrogens (tertiary/aromatic N) is 4. The van der Waals surface area contributed by atoms with Crippen LogP contribution in [-0.2, 0) is 57.1 Å². The number of aromatic nitrogens is 5. The van der Waals surface area contributed by atoms with Gasteiger partial charge in [-0.1, -0.05) is 32.0 Å². The van der Waals surface area contributed by atoms with Crippen molar-refractivity contribution in [3.8, 4) is 0 Å². The van der Waals surface area contributed by atoms with E-state index < -0.39 is 84.6 Å². The lowest BCUT2D eigenvalue weighted by Crippen LogP contribution is -2.46. The number of allylic oxidation sites excluding steroid dienone is 1. The molecule has 1 fully saturated rings. The Kier molecular flexibility index (Phi) is 17.6. The van der Waals surface area contributed by atoms with Crippen molar-refractivity contribution in [3.05, 3.63) is 60.2 Å². The summed E-state index contributed by atoms with van der Waals surface area (Å²) < 4.78 is 62.3. The first-order valence-corrected chi connectivity index (χ1v) is 24.9. The number of aromatic amines is 1. The van der Waals surface area contributed by atoms with Crippen molar-refractivity contribution >= 4 is 80.7 Å². The molecule has 3 aromatic heterocycles. The number of imidazole rings is 1. The predicted octanol–water partition coefficient (Wildman–Crippen LogP) is 1.73. The highest BCUT2D eigenvalue weighted by molar-refractivity contribution is 8.02. The third-order valence-electron chi connectivity index (χ3n) is 9.51. The maximum absolute atomic E-state index is 12.7. The quantitative estimate of drug-likeness (QED) is 0.0257. The van der Waals surface area contributed by atoms with Gasteiger partial charge in [0.05, 0.1) is 19.5 Å². The van der Waals surface area contributed by atoms with Crippen molar-refractivity contribution in [3.63, 3.8) is 0 Å². The summed E-state index contributed by atoms with van der Waals surface area (Å²) in [6.07, 6.45) is -1.57. The molecule has 1 aliphatic heterocycles. The first-order valence-electron chi connectivity index (χ1n) is 19.3.